The lowest BCUT2D eigenvalue weighted by Crippen LogP contribution is -2.29. The quantitative estimate of drug-likeness (QED) is 0.855. The standard InChI is InChI=1S/C13H21N3O/c1-8-4-5-11(6-9(8)2)17-12-10(3)7-15-13(14)16-12/h7-9,11H,4-6H2,1-3H3,(H2,14,15,16). The third kappa shape index (κ3) is 2.87. The fraction of sp³-hybridized carbons (Fsp3) is 0.692. The summed E-state index contributed by atoms with van der Waals surface area (Å²) in [4.78, 5) is 8.10. The highest BCUT2D eigenvalue weighted by Crippen LogP contribution is 2.32. The molecule has 0 bridgehead atoms. The molecular weight excluding hydrogens is 214 g/mol. The first-order valence-electron chi connectivity index (χ1n) is 6.32. The third-order valence-corrected chi connectivity index (χ3v) is 3.77. The molecule has 1 aliphatic carbocycles. The fourth-order valence-electron chi connectivity index (χ4n) is 2.32. The molecule has 1 aromatic rings. The van der Waals surface area contributed by atoms with E-state index >= 15 is 0 Å². The summed E-state index contributed by atoms with van der Waals surface area (Å²) in [6, 6.07) is 0. The molecule has 0 radical (unpaired) electrons. The highest BCUT2D eigenvalue weighted by Gasteiger charge is 2.26. The minimum atomic E-state index is 0.272. The van der Waals surface area contributed by atoms with Crippen LogP contribution in [0.2, 0.25) is 0 Å². The lowest BCUT2D eigenvalue weighted by Gasteiger charge is -2.32. The molecule has 4 nitrogen and oxygen atoms in total. The average Bonchev–Trinajstić information content (AvgIpc) is 2.29. The molecule has 17 heavy (non-hydrogen) atoms. The number of aryl methyl sites for hydroxylation is 1. The van der Waals surface area contributed by atoms with Crippen LogP contribution in [0.25, 0.3) is 0 Å². The fourth-order valence-corrected chi connectivity index (χ4v) is 2.32. The van der Waals surface area contributed by atoms with Gasteiger partial charge in [0.05, 0.1) is 0 Å². The monoisotopic (exact) mass is 235 g/mol. The molecule has 0 aliphatic heterocycles. The van der Waals surface area contributed by atoms with Gasteiger partial charge in [-0.1, -0.05) is 13.8 Å². The molecule has 0 saturated heterocycles. The number of nitrogens with zero attached hydrogens (tertiary/aromatic N) is 2. The van der Waals surface area contributed by atoms with Crippen LogP contribution in [0.3, 0.4) is 0 Å². The smallest absolute Gasteiger partial charge is 0.223 e. The maximum atomic E-state index is 5.95. The van der Waals surface area contributed by atoms with E-state index in [1.54, 1.807) is 6.20 Å². The van der Waals surface area contributed by atoms with Crippen molar-refractivity contribution in [1.29, 1.82) is 0 Å². The minimum absolute atomic E-state index is 0.272. The maximum absolute atomic E-state index is 5.95. The molecule has 0 amide bonds. The van der Waals surface area contributed by atoms with Gasteiger partial charge in [-0.15, -0.1) is 0 Å². The lowest BCUT2D eigenvalue weighted by molar-refractivity contribution is 0.0958. The molecule has 2 N–H and O–H groups in total. The van der Waals surface area contributed by atoms with E-state index in [1.807, 2.05) is 6.92 Å². The molecule has 1 heterocycles. The first-order chi connectivity index (χ1) is 8.06. The number of hydrogen-bond acceptors (Lipinski definition) is 4. The Morgan fingerprint density at radius 1 is 1.29 bits per heavy atom. The van der Waals surface area contributed by atoms with Crippen LogP contribution in [0.5, 0.6) is 5.88 Å². The van der Waals surface area contributed by atoms with Gasteiger partial charge in [-0.2, -0.15) is 4.98 Å². The lowest BCUT2D eigenvalue weighted by atomic mass is 9.80. The predicted octanol–water partition coefficient (Wildman–Crippen LogP) is 2.57. The van der Waals surface area contributed by atoms with Crippen molar-refractivity contribution in [2.24, 2.45) is 11.8 Å². The van der Waals surface area contributed by atoms with E-state index in [1.165, 1.54) is 6.42 Å². The Labute approximate surface area is 103 Å². The molecule has 94 valence electrons. The summed E-state index contributed by atoms with van der Waals surface area (Å²) in [6.45, 7) is 6.56. The normalized spacial score (nSPS) is 29.0. The topological polar surface area (TPSA) is 61.0 Å². The van der Waals surface area contributed by atoms with Crippen LogP contribution in [0.15, 0.2) is 6.20 Å². The van der Waals surface area contributed by atoms with E-state index in [-0.39, 0.29) is 12.1 Å². The highest BCUT2D eigenvalue weighted by atomic mass is 16.5. The Balaban J connectivity index is 2.03. The van der Waals surface area contributed by atoms with E-state index < -0.39 is 0 Å². The van der Waals surface area contributed by atoms with Gasteiger partial charge in [0.2, 0.25) is 11.8 Å². The van der Waals surface area contributed by atoms with Gasteiger partial charge in [-0.25, -0.2) is 4.98 Å². The average molecular weight is 235 g/mol. The molecule has 2 rings (SSSR count). The van der Waals surface area contributed by atoms with Gasteiger partial charge in [0, 0.05) is 11.8 Å². The van der Waals surface area contributed by atoms with Gasteiger partial charge < -0.3 is 10.5 Å². The van der Waals surface area contributed by atoms with Crippen LogP contribution in [0, 0.1) is 18.8 Å². The third-order valence-electron chi connectivity index (χ3n) is 3.77. The molecule has 3 unspecified atom stereocenters. The summed E-state index contributed by atoms with van der Waals surface area (Å²) in [5, 5.41) is 0. The number of aromatic nitrogens is 2. The van der Waals surface area contributed by atoms with Gasteiger partial charge in [0.1, 0.15) is 6.10 Å². The van der Waals surface area contributed by atoms with Crippen LogP contribution < -0.4 is 10.5 Å². The van der Waals surface area contributed by atoms with E-state index in [0.717, 1.165) is 24.3 Å². The molecule has 0 spiro atoms. The molecule has 1 saturated carbocycles. The van der Waals surface area contributed by atoms with E-state index in [0.29, 0.717) is 11.8 Å². The van der Waals surface area contributed by atoms with Gasteiger partial charge in [0.25, 0.3) is 0 Å². The van der Waals surface area contributed by atoms with Crippen molar-refractivity contribution in [3.05, 3.63) is 11.8 Å². The van der Waals surface area contributed by atoms with E-state index in [2.05, 4.69) is 23.8 Å². The second-order valence-electron chi connectivity index (χ2n) is 5.22. The number of ether oxygens (including phenoxy) is 1. The van der Waals surface area contributed by atoms with E-state index in [4.69, 9.17) is 10.5 Å². The first kappa shape index (κ1) is 12.1. The molecule has 1 aliphatic rings. The molecule has 1 fully saturated rings. The molecule has 1 aromatic heterocycles. The molecular formula is C13H21N3O. The Hall–Kier alpha value is -1.32. The zero-order valence-corrected chi connectivity index (χ0v) is 10.8. The van der Waals surface area contributed by atoms with Gasteiger partial charge in [-0.05, 0) is 38.0 Å². The van der Waals surface area contributed by atoms with Crippen molar-refractivity contribution in [3.8, 4) is 5.88 Å². The summed E-state index contributed by atoms with van der Waals surface area (Å²) in [6.07, 6.45) is 5.42. The first-order valence-corrected chi connectivity index (χ1v) is 6.32. The van der Waals surface area contributed by atoms with Gasteiger partial charge in [-0.3, -0.25) is 0 Å². The number of nitrogen functional groups attached to an aromatic ring is 1. The second-order valence-corrected chi connectivity index (χ2v) is 5.22. The Kier molecular flexibility index (Phi) is 3.50. The van der Waals surface area contributed by atoms with Crippen LogP contribution in [0.1, 0.15) is 38.7 Å². The zero-order chi connectivity index (χ0) is 12.4. The van der Waals surface area contributed by atoms with Crippen molar-refractivity contribution < 1.29 is 4.74 Å². The number of rotatable bonds is 2. The highest BCUT2D eigenvalue weighted by molar-refractivity contribution is 5.28. The Morgan fingerprint density at radius 3 is 2.76 bits per heavy atom. The van der Waals surface area contributed by atoms with Crippen molar-refractivity contribution in [3.63, 3.8) is 0 Å². The molecule has 0 aromatic carbocycles. The summed E-state index contributed by atoms with van der Waals surface area (Å²) < 4.78 is 5.95. The number of nitrogens with two attached hydrogens (primary N) is 1. The van der Waals surface area contributed by atoms with Gasteiger partial charge >= 0.3 is 0 Å². The van der Waals surface area contributed by atoms with Crippen molar-refractivity contribution in [1.82, 2.24) is 9.97 Å². The van der Waals surface area contributed by atoms with Crippen molar-refractivity contribution in [2.45, 2.75) is 46.1 Å². The van der Waals surface area contributed by atoms with Crippen LogP contribution in [-0.4, -0.2) is 16.1 Å². The van der Waals surface area contributed by atoms with Crippen LogP contribution >= 0.6 is 0 Å². The zero-order valence-electron chi connectivity index (χ0n) is 10.8. The summed E-state index contributed by atoms with van der Waals surface area (Å²) in [5.74, 6) is 2.44. The summed E-state index contributed by atoms with van der Waals surface area (Å²) in [7, 11) is 0. The predicted molar refractivity (Wildman–Crippen MR) is 67.8 cm³/mol. The number of hydrogen-bond donors (Lipinski definition) is 1. The SMILES string of the molecule is Cc1cnc(N)nc1OC1CCC(C)C(C)C1. The Bertz CT molecular complexity index is 394. The molecule has 3 atom stereocenters. The summed E-state index contributed by atoms with van der Waals surface area (Å²) >= 11 is 0. The summed E-state index contributed by atoms with van der Waals surface area (Å²) in [5.41, 5.74) is 6.53. The van der Waals surface area contributed by atoms with Crippen LogP contribution in [0.4, 0.5) is 5.95 Å². The number of anilines is 1. The second kappa shape index (κ2) is 4.90. The van der Waals surface area contributed by atoms with E-state index in [9.17, 15) is 0 Å². The maximum Gasteiger partial charge on any atom is 0.223 e. The van der Waals surface area contributed by atoms with Crippen molar-refractivity contribution in [2.75, 3.05) is 5.73 Å². The Morgan fingerprint density at radius 2 is 2.06 bits per heavy atom. The minimum Gasteiger partial charge on any atom is -0.474 e. The molecule has 4 heteroatoms. The largest absolute Gasteiger partial charge is 0.474 e. The van der Waals surface area contributed by atoms with Crippen LogP contribution in [-0.2, 0) is 0 Å². The van der Waals surface area contributed by atoms with Gasteiger partial charge in [0.15, 0.2) is 0 Å². The van der Waals surface area contributed by atoms with Crippen molar-refractivity contribution >= 4 is 5.95 Å².